The highest BCUT2D eigenvalue weighted by Crippen LogP contribution is 2.34. The minimum Gasteiger partial charge on any atom is -0.388 e. The molecule has 11 heteroatoms. The average molecular weight is 463 g/mol. The summed E-state index contributed by atoms with van der Waals surface area (Å²) in [7, 11) is 1.80. The third kappa shape index (κ3) is 3.40. The van der Waals surface area contributed by atoms with E-state index in [1.165, 1.54) is 6.20 Å². The van der Waals surface area contributed by atoms with Gasteiger partial charge in [0.15, 0.2) is 5.65 Å². The maximum atomic E-state index is 13.0. The number of hydrogen-bond donors (Lipinski definition) is 3. The van der Waals surface area contributed by atoms with Crippen LogP contribution in [0.2, 0.25) is 0 Å². The monoisotopic (exact) mass is 463 g/mol. The van der Waals surface area contributed by atoms with Gasteiger partial charge in [-0.15, -0.1) is 0 Å². The number of ether oxygens (including phenoxy) is 2. The molecule has 2 aliphatic rings. The molecule has 176 valence electrons. The van der Waals surface area contributed by atoms with Gasteiger partial charge in [0.25, 0.3) is 5.91 Å². The van der Waals surface area contributed by atoms with Crippen molar-refractivity contribution in [1.29, 1.82) is 0 Å². The fraction of sp³-hybridized carbons (Fsp3) is 0.391. The Morgan fingerprint density at radius 3 is 2.91 bits per heavy atom. The van der Waals surface area contributed by atoms with E-state index in [-0.39, 0.29) is 25.2 Å². The van der Waals surface area contributed by atoms with Crippen LogP contribution in [0.3, 0.4) is 0 Å². The van der Waals surface area contributed by atoms with E-state index in [0.717, 1.165) is 29.6 Å². The number of aromatic nitrogens is 5. The number of carbonyl (C=O) groups is 1. The summed E-state index contributed by atoms with van der Waals surface area (Å²) in [5.74, 6) is 0.334. The first-order valence-corrected chi connectivity index (χ1v) is 11.3. The molecule has 4 aromatic rings. The number of hydrogen-bond acceptors (Lipinski definition) is 8. The van der Waals surface area contributed by atoms with E-state index in [1.807, 2.05) is 18.2 Å². The number of fused-ring (bicyclic) bond motifs is 2. The number of carbonyl (C=O) groups excluding carboxylic acids is 1. The van der Waals surface area contributed by atoms with Crippen molar-refractivity contribution in [3.63, 3.8) is 0 Å². The van der Waals surface area contributed by atoms with E-state index < -0.39 is 12.1 Å². The molecule has 3 atom stereocenters. The molecule has 1 amide bonds. The van der Waals surface area contributed by atoms with E-state index in [4.69, 9.17) is 14.5 Å². The predicted molar refractivity (Wildman–Crippen MR) is 124 cm³/mol. The standard InChI is InChI=1S/C23H25N7O4/c1-24-20-7-17(16-9-29(13-4-6-33-10-13)21-14(16)3-2-5-25-21)27-22-15(8-26-30(20)22)23(32)28-18-11-34-12-19(18)31/h2-3,5,7-9,13,18-19,24,31H,4,6,10-12H2,1H3,(H,28,32)/t13-,18-,19+/m0/s1. The molecule has 2 fully saturated rings. The van der Waals surface area contributed by atoms with Crippen molar-refractivity contribution < 1.29 is 19.4 Å². The first-order valence-electron chi connectivity index (χ1n) is 11.3. The number of nitrogens with zero attached hydrogens (tertiary/aromatic N) is 5. The number of aliphatic hydroxyl groups is 1. The van der Waals surface area contributed by atoms with E-state index in [1.54, 1.807) is 17.8 Å². The molecular formula is C23H25N7O4. The fourth-order valence-electron chi connectivity index (χ4n) is 4.67. The van der Waals surface area contributed by atoms with Crippen molar-refractivity contribution >= 4 is 28.4 Å². The van der Waals surface area contributed by atoms with Crippen LogP contribution < -0.4 is 10.6 Å². The summed E-state index contributed by atoms with van der Waals surface area (Å²) in [6, 6.07) is 5.60. The third-order valence-corrected chi connectivity index (χ3v) is 6.50. The Morgan fingerprint density at radius 1 is 1.24 bits per heavy atom. The second kappa shape index (κ2) is 8.35. The molecule has 4 aromatic heterocycles. The number of rotatable bonds is 5. The lowest BCUT2D eigenvalue weighted by Crippen LogP contribution is -2.42. The summed E-state index contributed by atoms with van der Waals surface area (Å²) >= 11 is 0. The van der Waals surface area contributed by atoms with Crippen LogP contribution in [0.4, 0.5) is 5.82 Å². The highest BCUT2D eigenvalue weighted by atomic mass is 16.5. The topological polar surface area (TPSA) is 128 Å². The zero-order chi connectivity index (χ0) is 23.2. The molecule has 6 heterocycles. The molecule has 11 nitrogen and oxygen atoms in total. The van der Waals surface area contributed by atoms with Crippen molar-refractivity contribution in [3.8, 4) is 11.3 Å². The highest BCUT2D eigenvalue weighted by molar-refractivity contribution is 6.01. The van der Waals surface area contributed by atoms with E-state index >= 15 is 0 Å². The van der Waals surface area contributed by atoms with Gasteiger partial charge in [-0.3, -0.25) is 4.79 Å². The zero-order valence-corrected chi connectivity index (χ0v) is 18.6. The summed E-state index contributed by atoms with van der Waals surface area (Å²) in [6.07, 6.45) is 5.54. The van der Waals surface area contributed by atoms with Crippen LogP contribution in [0.15, 0.2) is 36.8 Å². The number of nitrogens with one attached hydrogen (secondary N) is 2. The van der Waals surface area contributed by atoms with Crippen LogP contribution in [0, 0.1) is 0 Å². The van der Waals surface area contributed by atoms with Gasteiger partial charge in [0.2, 0.25) is 0 Å². The summed E-state index contributed by atoms with van der Waals surface area (Å²) < 4.78 is 14.6. The Labute approximate surface area is 194 Å². The largest absolute Gasteiger partial charge is 0.388 e. The molecule has 3 N–H and O–H groups in total. The molecule has 0 aliphatic carbocycles. The van der Waals surface area contributed by atoms with Crippen LogP contribution in [0.25, 0.3) is 27.9 Å². The normalized spacial score (nSPS) is 22.6. The van der Waals surface area contributed by atoms with Gasteiger partial charge in [-0.1, -0.05) is 0 Å². The lowest BCUT2D eigenvalue weighted by atomic mass is 10.1. The highest BCUT2D eigenvalue weighted by Gasteiger charge is 2.29. The lowest BCUT2D eigenvalue weighted by molar-refractivity contribution is 0.0888. The average Bonchev–Trinajstić information content (AvgIpc) is 3.64. The second-order valence-corrected chi connectivity index (χ2v) is 8.60. The first kappa shape index (κ1) is 21.0. The van der Waals surface area contributed by atoms with Gasteiger partial charge in [0, 0.05) is 43.1 Å². The molecule has 6 rings (SSSR count). The van der Waals surface area contributed by atoms with Gasteiger partial charge < -0.3 is 29.8 Å². The van der Waals surface area contributed by atoms with Crippen LogP contribution >= 0.6 is 0 Å². The van der Waals surface area contributed by atoms with Gasteiger partial charge in [0.1, 0.15) is 17.0 Å². The summed E-state index contributed by atoms with van der Waals surface area (Å²) in [5, 5.41) is 21.3. The minimum absolute atomic E-state index is 0.205. The second-order valence-electron chi connectivity index (χ2n) is 8.60. The summed E-state index contributed by atoms with van der Waals surface area (Å²) in [4.78, 5) is 22.5. The van der Waals surface area contributed by atoms with Gasteiger partial charge in [-0.05, 0) is 18.6 Å². The van der Waals surface area contributed by atoms with E-state index in [2.05, 4.69) is 31.5 Å². The fourth-order valence-corrected chi connectivity index (χ4v) is 4.67. The zero-order valence-electron chi connectivity index (χ0n) is 18.6. The molecule has 0 aromatic carbocycles. The summed E-state index contributed by atoms with van der Waals surface area (Å²) in [6.45, 7) is 1.85. The number of anilines is 1. The molecule has 0 bridgehead atoms. The Bertz CT molecular complexity index is 1370. The van der Waals surface area contributed by atoms with Crippen LogP contribution in [0.1, 0.15) is 22.8 Å². The first-order chi connectivity index (χ1) is 16.6. The van der Waals surface area contributed by atoms with Gasteiger partial charge in [0.05, 0.1) is 49.9 Å². The maximum Gasteiger partial charge on any atom is 0.257 e. The van der Waals surface area contributed by atoms with Crippen molar-refractivity contribution in [1.82, 2.24) is 29.5 Å². The van der Waals surface area contributed by atoms with Crippen molar-refractivity contribution in [2.75, 3.05) is 38.8 Å². The third-order valence-electron chi connectivity index (χ3n) is 6.50. The Morgan fingerprint density at radius 2 is 2.15 bits per heavy atom. The van der Waals surface area contributed by atoms with Gasteiger partial charge in [-0.25, -0.2) is 9.97 Å². The van der Waals surface area contributed by atoms with Crippen molar-refractivity contribution in [2.45, 2.75) is 24.6 Å². The molecule has 0 spiro atoms. The van der Waals surface area contributed by atoms with Crippen molar-refractivity contribution in [3.05, 3.63) is 42.4 Å². The lowest BCUT2D eigenvalue weighted by Gasteiger charge is -2.14. The molecular weight excluding hydrogens is 438 g/mol. The van der Waals surface area contributed by atoms with Crippen LogP contribution in [-0.4, -0.2) is 80.8 Å². The van der Waals surface area contributed by atoms with E-state index in [0.29, 0.717) is 29.3 Å². The quantitative estimate of drug-likeness (QED) is 0.403. The molecule has 0 unspecified atom stereocenters. The van der Waals surface area contributed by atoms with Crippen LogP contribution in [-0.2, 0) is 9.47 Å². The summed E-state index contributed by atoms with van der Waals surface area (Å²) in [5.41, 5.74) is 3.24. The molecule has 34 heavy (non-hydrogen) atoms. The Kier molecular flexibility index (Phi) is 5.16. The number of pyridine rings is 1. The maximum absolute atomic E-state index is 13.0. The molecule has 0 saturated carbocycles. The molecule has 2 aliphatic heterocycles. The van der Waals surface area contributed by atoms with Gasteiger partial charge in [-0.2, -0.15) is 9.61 Å². The molecule has 0 radical (unpaired) electrons. The van der Waals surface area contributed by atoms with Crippen LogP contribution in [0.5, 0.6) is 0 Å². The minimum atomic E-state index is -0.736. The SMILES string of the molecule is CNc1cc(-c2cn([C@H]3CCOC3)c3ncccc23)nc2c(C(=O)N[C@H]3COC[C@H]3O)cnn12. The van der Waals surface area contributed by atoms with E-state index in [9.17, 15) is 9.90 Å². The van der Waals surface area contributed by atoms with Crippen molar-refractivity contribution in [2.24, 2.45) is 0 Å². The smallest absolute Gasteiger partial charge is 0.257 e. The van der Waals surface area contributed by atoms with Gasteiger partial charge >= 0.3 is 0 Å². The number of amides is 1. The Balaban J connectivity index is 1.46. The Hall–Kier alpha value is -3.54. The molecule has 2 saturated heterocycles. The predicted octanol–water partition coefficient (Wildman–Crippen LogP) is 1.24. The number of aliphatic hydroxyl groups excluding tert-OH is 1.